The van der Waals surface area contributed by atoms with Gasteiger partial charge < -0.3 is 15.3 Å². The molecular formula is C24H25ClFN5O2. The first-order valence-electron chi connectivity index (χ1n) is 10.8. The number of amides is 1. The largest absolute Gasteiger partial charge is 0.391 e. The van der Waals surface area contributed by atoms with Gasteiger partial charge in [0.25, 0.3) is 5.91 Å². The third-order valence-corrected chi connectivity index (χ3v) is 5.83. The Morgan fingerprint density at radius 3 is 2.88 bits per heavy atom. The number of β-amino-alcohol motifs (C(OH)–C–C–N with tert-alkyl or cyclic N) is 1. The minimum absolute atomic E-state index is 0.0731. The van der Waals surface area contributed by atoms with Crippen LogP contribution in [-0.4, -0.2) is 50.1 Å². The van der Waals surface area contributed by atoms with Crippen molar-refractivity contribution in [3.05, 3.63) is 64.8 Å². The summed E-state index contributed by atoms with van der Waals surface area (Å²) in [5.41, 5.74) is 1.89. The van der Waals surface area contributed by atoms with Gasteiger partial charge in [-0.1, -0.05) is 25.4 Å². The summed E-state index contributed by atoms with van der Waals surface area (Å²) in [5, 5.41) is 13.6. The number of halogens is 2. The minimum Gasteiger partial charge on any atom is -0.391 e. The van der Waals surface area contributed by atoms with E-state index in [1.807, 2.05) is 13.8 Å². The van der Waals surface area contributed by atoms with Crippen LogP contribution in [0.3, 0.4) is 0 Å². The van der Waals surface area contributed by atoms with E-state index in [4.69, 9.17) is 11.6 Å². The molecule has 1 aliphatic heterocycles. The van der Waals surface area contributed by atoms with E-state index >= 15 is 0 Å². The third-order valence-electron chi connectivity index (χ3n) is 5.60. The predicted molar refractivity (Wildman–Crippen MR) is 125 cm³/mol. The number of anilines is 2. The van der Waals surface area contributed by atoms with Crippen molar-refractivity contribution in [3.8, 4) is 11.4 Å². The van der Waals surface area contributed by atoms with E-state index in [0.29, 0.717) is 35.1 Å². The van der Waals surface area contributed by atoms with Gasteiger partial charge in [-0.05, 0) is 43.0 Å². The summed E-state index contributed by atoms with van der Waals surface area (Å²) in [7, 11) is 0. The fourth-order valence-electron chi connectivity index (χ4n) is 3.82. The van der Waals surface area contributed by atoms with Crippen molar-refractivity contribution in [1.29, 1.82) is 0 Å². The van der Waals surface area contributed by atoms with Crippen molar-refractivity contribution in [2.45, 2.75) is 38.7 Å². The highest BCUT2D eigenvalue weighted by atomic mass is 35.5. The van der Waals surface area contributed by atoms with Gasteiger partial charge in [0.2, 0.25) is 0 Å². The smallest absolute Gasteiger partial charge is 0.257 e. The molecular weight excluding hydrogens is 445 g/mol. The lowest BCUT2D eigenvalue weighted by molar-refractivity contribution is 0.0474. The van der Waals surface area contributed by atoms with Crippen LogP contribution in [0.5, 0.6) is 0 Å². The van der Waals surface area contributed by atoms with Crippen LogP contribution in [0.2, 0.25) is 5.02 Å². The predicted octanol–water partition coefficient (Wildman–Crippen LogP) is 4.80. The van der Waals surface area contributed by atoms with Gasteiger partial charge in [0.15, 0.2) is 5.82 Å². The Hall–Kier alpha value is -3.10. The summed E-state index contributed by atoms with van der Waals surface area (Å²) in [6.07, 6.45) is 5.63. The van der Waals surface area contributed by atoms with Gasteiger partial charge in [-0.2, -0.15) is 0 Å². The molecule has 2 N–H and O–H groups in total. The fraction of sp³-hybridized carbons (Fsp3) is 0.333. The molecule has 172 valence electrons. The summed E-state index contributed by atoms with van der Waals surface area (Å²) in [6.45, 7) is 4.86. The third kappa shape index (κ3) is 5.12. The van der Waals surface area contributed by atoms with Crippen LogP contribution in [0.1, 0.15) is 48.5 Å². The minimum atomic E-state index is -0.527. The Kier molecular flexibility index (Phi) is 6.85. The molecule has 0 aliphatic carbocycles. The highest BCUT2D eigenvalue weighted by molar-refractivity contribution is 6.30. The Balaban J connectivity index is 1.72. The summed E-state index contributed by atoms with van der Waals surface area (Å²) >= 11 is 6.05. The number of rotatable bonds is 5. The van der Waals surface area contributed by atoms with Crippen molar-refractivity contribution in [2.24, 2.45) is 0 Å². The van der Waals surface area contributed by atoms with Crippen LogP contribution < -0.4 is 5.32 Å². The molecule has 1 aromatic carbocycles. The van der Waals surface area contributed by atoms with Gasteiger partial charge in [0, 0.05) is 42.3 Å². The number of benzene rings is 1. The second kappa shape index (κ2) is 9.80. The van der Waals surface area contributed by atoms with Crippen molar-refractivity contribution >= 4 is 29.0 Å². The number of piperidine rings is 1. The summed E-state index contributed by atoms with van der Waals surface area (Å²) in [4.78, 5) is 27.9. The molecule has 0 spiro atoms. The number of pyridine rings is 1. The molecule has 2 aromatic heterocycles. The van der Waals surface area contributed by atoms with E-state index in [0.717, 1.165) is 12.0 Å². The second-order valence-corrected chi connectivity index (χ2v) is 8.81. The van der Waals surface area contributed by atoms with Gasteiger partial charge in [-0.25, -0.2) is 14.4 Å². The normalized spacial score (nSPS) is 16.2. The molecule has 4 rings (SSSR count). The van der Waals surface area contributed by atoms with Gasteiger partial charge in [-0.15, -0.1) is 0 Å². The Morgan fingerprint density at radius 2 is 2.12 bits per heavy atom. The van der Waals surface area contributed by atoms with Crippen LogP contribution in [0, 0.1) is 5.82 Å². The first-order chi connectivity index (χ1) is 15.8. The highest BCUT2D eigenvalue weighted by Crippen LogP contribution is 2.31. The van der Waals surface area contributed by atoms with Crippen molar-refractivity contribution in [2.75, 3.05) is 18.4 Å². The SMILES string of the molecule is CC(C)c1cnc(-c2cc(Cl)ccc2F)nc1Nc1ccncc1C(=O)N1CCC[C@H](O)C1. The summed E-state index contributed by atoms with van der Waals surface area (Å²) in [6, 6.07) is 5.92. The van der Waals surface area contributed by atoms with Gasteiger partial charge in [-0.3, -0.25) is 9.78 Å². The Bertz CT molecular complexity index is 1170. The average molecular weight is 470 g/mol. The molecule has 0 bridgehead atoms. The lowest BCUT2D eigenvalue weighted by atomic mass is 10.0. The fourth-order valence-corrected chi connectivity index (χ4v) is 4.00. The van der Waals surface area contributed by atoms with E-state index in [-0.39, 0.29) is 29.8 Å². The number of aliphatic hydroxyl groups excluding tert-OH is 1. The quantitative estimate of drug-likeness (QED) is 0.558. The molecule has 33 heavy (non-hydrogen) atoms. The maximum absolute atomic E-state index is 14.4. The zero-order chi connectivity index (χ0) is 23.5. The molecule has 1 atom stereocenters. The number of hydrogen-bond acceptors (Lipinski definition) is 6. The molecule has 3 heterocycles. The lowest BCUT2D eigenvalue weighted by Gasteiger charge is -2.30. The maximum atomic E-state index is 14.4. The van der Waals surface area contributed by atoms with E-state index in [1.54, 1.807) is 23.4 Å². The molecule has 0 saturated carbocycles. The first-order valence-corrected chi connectivity index (χ1v) is 11.2. The molecule has 3 aromatic rings. The van der Waals surface area contributed by atoms with E-state index in [2.05, 4.69) is 20.3 Å². The van der Waals surface area contributed by atoms with Crippen LogP contribution >= 0.6 is 11.6 Å². The number of nitrogens with one attached hydrogen (secondary N) is 1. The van der Waals surface area contributed by atoms with Gasteiger partial charge in [0.05, 0.1) is 22.9 Å². The standard InChI is InChI=1S/C24H25ClFN5O2/c1-14(2)18-12-28-22(17-10-15(25)5-6-20(17)26)30-23(18)29-21-7-8-27-11-19(21)24(33)31-9-3-4-16(32)13-31/h5-8,10-12,14,16,32H,3-4,9,13H2,1-2H3,(H,27,28,29,30)/t16-/m0/s1. The van der Waals surface area contributed by atoms with Crippen molar-refractivity contribution in [3.63, 3.8) is 0 Å². The topological polar surface area (TPSA) is 91.2 Å². The summed E-state index contributed by atoms with van der Waals surface area (Å²) in [5.74, 6) is 0.0250. The number of likely N-dealkylation sites (tertiary alicyclic amines) is 1. The van der Waals surface area contributed by atoms with Crippen LogP contribution in [0.15, 0.2) is 42.9 Å². The number of carbonyl (C=O) groups excluding carboxylic acids is 1. The first kappa shape index (κ1) is 23.1. The average Bonchev–Trinajstić information content (AvgIpc) is 2.80. The van der Waals surface area contributed by atoms with Crippen molar-refractivity contribution < 1.29 is 14.3 Å². The zero-order valence-corrected chi connectivity index (χ0v) is 19.2. The Labute approximate surface area is 196 Å². The zero-order valence-electron chi connectivity index (χ0n) is 18.4. The molecule has 1 fully saturated rings. The number of hydrogen-bond donors (Lipinski definition) is 2. The highest BCUT2D eigenvalue weighted by Gasteiger charge is 2.25. The number of carbonyl (C=O) groups is 1. The van der Waals surface area contributed by atoms with Crippen LogP contribution in [-0.2, 0) is 0 Å². The van der Waals surface area contributed by atoms with E-state index in [1.165, 1.54) is 24.4 Å². The molecule has 1 amide bonds. The van der Waals surface area contributed by atoms with Crippen LogP contribution in [0.25, 0.3) is 11.4 Å². The van der Waals surface area contributed by atoms with Gasteiger partial charge in [0.1, 0.15) is 11.6 Å². The molecule has 1 saturated heterocycles. The number of nitrogens with zero attached hydrogens (tertiary/aromatic N) is 4. The number of aliphatic hydroxyl groups is 1. The van der Waals surface area contributed by atoms with Crippen LogP contribution in [0.4, 0.5) is 15.9 Å². The second-order valence-electron chi connectivity index (χ2n) is 8.37. The number of aromatic nitrogens is 3. The lowest BCUT2D eigenvalue weighted by Crippen LogP contribution is -2.42. The monoisotopic (exact) mass is 469 g/mol. The molecule has 9 heteroatoms. The Morgan fingerprint density at radius 1 is 1.30 bits per heavy atom. The summed E-state index contributed by atoms with van der Waals surface area (Å²) < 4.78 is 14.4. The molecule has 1 aliphatic rings. The van der Waals surface area contributed by atoms with E-state index < -0.39 is 11.9 Å². The molecule has 0 radical (unpaired) electrons. The molecule has 7 nitrogen and oxygen atoms in total. The molecule has 0 unspecified atom stereocenters. The maximum Gasteiger partial charge on any atom is 0.257 e. The van der Waals surface area contributed by atoms with Gasteiger partial charge >= 0.3 is 0 Å². The van der Waals surface area contributed by atoms with E-state index in [9.17, 15) is 14.3 Å². The van der Waals surface area contributed by atoms with Crippen molar-refractivity contribution in [1.82, 2.24) is 19.9 Å².